The molecule has 2 rings (SSSR count). The van der Waals surface area contributed by atoms with Gasteiger partial charge >= 0.3 is 0 Å². The molecule has 0 saturated carbocycles. The van der Waals surface area contributed by atoms with Crippen molar-refractivity contribution in [2.45, 2.75) is 18.6 Å². The van der Waals surface area contributed by atoms with Crippen LogP contribution < -0.4 is 10.5 Å². The van der Waals surface area contributed by atoms with Crippen LogP contribution in [0.5, 0.6) is 0 Å². The Bertz CT molecular complexity index is 580. The smallest absolute Gasteiger partial charge is 0.237 e. The first-order valence-electron chi connectivity index (χ1n) is 6.56. The van der Waals surface area contributed by atoms with Crippen molar-refractivity contribution in [3.63, 3.8) is 0 Å². The van der Waals surface area contributed by atoms with Crippen molar-refractivity contribution in [2.75, 3.05) is 25.4 Å². The number of para-hydroxylation sites is 1. The van der Waals surface area contributed by atoms with E-state index in [2.05, 4.69) is 4.72 Å². The van der Waals surface area contributed by atoms with E-state index in [1.165, 1.54) is 0 Å². The molecular formula is C13H19N3O3S. The molecule has 110 valence electrons. The molecule has 1 aromatic carbocycles. The Labute approximate surface area is 119 Å². The number of anilines is 1. The summed E-state index contributed by atoms with van der Waals surface area (Å²) in [6.07, 6.45) is 1.97. The summed E-state index contributed by atoms with van der Waals surface area (Å²) in [6, 6.07) is 6.80. The van der Waals surface area contributed by atoms with E-state index < -0.39 is 10.0 Å². The Morgan fingerprint density at radius 2 is 1.90 bits per heavy atom. The number of sulfonamides is 1. The molecule has 0 spiro atoms. The number of likely N-dealkylation sites (tertiary alicyclic amines) is 1. The van der Waals surface area contributed by atoms with Gasteiger partial charge in [-0.3, -0.25) is 4.79 Å². The number of hydrogen-bond acceptors (Lipinski definition) is 4. The fourth-order valence-corrected chi connectivity index (χ4v) is 3.29. The SMILES string of the molecule is Nc1ccccc1CS(=O)(=O)NCC(=O)N1CCCC1. The van der Waals surface area contributed by atoms with Gasteiger partial charge in [0.05, 0.1) is 12.3 Å². The van der Waals surface area contributed by atoms with Gasteiger partial charge in [0, 0.05) is 18.8 Å². The highest BCUT2D eigenvalue weighted by molar-refractivity contribution is 7.88. The standard InChI is InChI=1S/C13H19N3O3S/c14-12-6-2-1-5-11(12)10-20(18,19)15-9-13(17)16-7-3-4-8-16/h1-2,5-6,15H,3-4,7-10,14H2. The van der Waals surface area contributed by atoms with E-state index in [1.807, 2.05) is 0 Å². The highest BCUT2D eigenvalue weighted by Gasteiger charge is 2.20. The Balaban J connectivity index is 1.91. The number of nitrogens with one attached hydrogen (secondary N) is 1. The number of nitrogens with zero attached hydrogens (tertiary/aromatic N) is 1. The maximum Gasteiger partial charge on any atom is 0.237 e. The topological polar surface area (TPSA) is 92.5 Å². The zero-order valence-electron chi connectivity index (χ0n) is 11.2. The zero-order chi connectivity index (χ0) is 14.6. The first-order valence-corrected chi connectivity index (χ1v) is 8.22. The van der Waals surface area contributed by atoms with E-state index in [1.54, 1.807) is 29.2 Å². The summed E-state index contributed by atoms with van der Waals surface area (Å²) in [7, 11) is -3.56. The van der Waals surface area contributed by atoms with Crippen molar-refractivity contribution in [3.05, 3.63) is 29.8 Å². The van der Waals surface area contributed by atoms with Crippen molar-refractivity contribution in [2.24, 2.45) is 0 Å². The summed E-state index contributed by atoms with van der Waals surface area (Å²) in [5.41, 5.74) is 6.69. The Morgan fingerprint density at radius 3 is 2.55 bits per heavy atom. The maximum absolute atomic E-state index is 11.9. The molecule has 1 aliphatic heterocycles. The predicted molar refractivity (Wildman–Crippen MR) is 77.3 cm³/mol. The fourth-order valence-electron chi connectivity index (χ4n) is 2.17. The van der Waals surface area contributed by atoms with E-state index in [0.29, 0.717) is 24.3 Å². The summed E-state index contributed by atoms with van der Waals surface area (Å²) in [5, 5.41) is 0. The lowest BCUT2D eigenvalue weighted by Crippen LogP contribution is -2.39. The van der Waals surface area contributed by atoms with E-state index in [4.69, 9.17) is 5.73 Å². The van der Waals surface area contributed by atoms with Gasteiger partial charge in [-0.25, -0.2) is 13.1 Å². The number of hydrogen-bond donors (Lipinski definition) is 2. The quantitative estimate of drug-likeness (QED) is 0.765. The van der Waals surface area contributed by atoms with Crippen LogP contribution in [0.25, 0.3) is 0 Å². The van der Waals surface area contributed by atoms with Crippen LogP contribution in [0.15, 0.2) is 24.3 Å². The number of nitrogen functional groups attached to an aromatic ring is 1. The van der Waals surface area contributed by atoms with Crippen LogP contribution in [0.1, 0.15) is 18.4 Å². The second-order valence-corrected chi connectivity index (χ2v) is 6.67. The molecule has 20 heavy (non-hydrogen) atoms. The lowest BCUT2D eigenvalue weighted by Gasteiger charge is -2.15. The van der Waals surface area contributed by atoms with Gasteiger partial charge in [-0.1, -0.05) is 18.2 Å². The zero-order valence-corrected chi connectivity index (χ0v) is 12.0. The van der Waals surface area contributed by atoms with Crippen molar-refractivity contribution >= 4 is 21.6 Å². The van der Waals surface area contributed by atoms with Crippen LogP contribution in [0.2, 0.25) is 0 Å². The molecule has 6 nitrogen and oxygen atoms in total. The molecule has 1 fully saturated rings. The first-order chi connectivity index (χ1) is 9.48. The second kappa shape index (κ2) is 6.23. The first kappa shape index (κ1) is 14.8. The van der Waals surface area contributed by atoms with E-state index in [0.717, 1.165) is 12.8 Å². The maximum atomic E-state index is 11.9. The van der Waals surface area contributed by atoms with Crippen LogP contribution in [0.4, 0.5) is 5.69 Å². The van der Waals surface area contributed by atoms with Gasteiger partial charge in [-0.15, -0.1) is 0 Å². The summed E-state index contributed by atoms with van der Waals surface area (Å²) in [4.78, 5) is 13.5. The van der Waals surface area contributed by atoms with Crippen molar-refractivity contribution < 1.29 is 13.2 Å². The fraction of sp³-hybridized carbons (Fsp3) is 0.462. The van der Waals surface area contributed by atoms with Gasteiger partial charge < -0.3 is 10.6 Å². The van der Waals surface area contributed by atoms with Gasteiger partial charge in [-0.05, 0) is 24.5 Å². The lowest BCUT2D eigenvalue weighted by atomic mass is 10.2. The monoisotopic (exact) mass is 297 g/mol. The molecule has 1 aromatic rings. The number of carbonyl (C=O) groups is 1. The minimum Gasteiger partial charge on any atom is -0.398 e. The van der Waals surface area contributed by atoms with Gasteiger partial charge in [-0.2, -0.15) is 0 Å². The highest BCUT2D eigenvalue weighted by Crippen LogP contribution is 2.13. The summed E-state index contributed by atoms with van der Waals surface area (Å²) < 4.78 is 26.2. The van der Waals surface area contributed by atoms with E-state index >= 15 is 0 Å². The molecular weight excluding hydrogens is 278 g/mol. The normalized spacial score (nSPS) is 15.5. The van der Waals surface area contributed by atoms with E-state index in [-0.39, 0.29) is 18.2 Å². The minimum atomic E-state index is -3.56. The van der Waals surface area contributed by atoms with Crippen LogP contribution in [-0.2, 0) is 20.6 Å². The van der Waals surface area contributed by atoms with Gasteiger partial charge in [0.1, 0.15) is 0 Å². The molecule has 1 saturated heterocycles. The van der Waals surface area contributed by atoms with Gasteiger partial charge in [0.15, 0.2) is 0 Å². The summed E-state index contributed by atoms with van der Waals surface area (Å²) >= 11 is 0. The van der Waals surface area contributed by atoms with Gasteiger partial charge in [0.25, 0.3) is 0 Å². The minimum absolute atomic E-state index is 0.174. The largest absolute Gasteiger partial charge is 0.398 e. The van der Waals surface area contributed by atoms with Crippen molar-refractivity contribution in [1.82, 2.24) is 9.62 Å². The number of amides is 1. The van der Waals surface area contributed by atoms with Crippen molar-refractivity contribution in [1.29, 1.82) is 0 Å². The average Bonchev–Trinajstić information content (AvgIpc) is 2.93. The predicted octanol–water partition coefficient (Wildman–Crippen LogP) is 0.311. The second-order valence-electron chi connectivity index (χ2n) is 4.87. The van der Waals surface area contributed by atoms with Crippen LogP contribution in [0.3, 0.4) is 0 Å². The third-order valence-electron chi connectivity index (χ3n) is 3.30. The van der Waals surface area contributed by atoms with Crippen molar-refractivity contribution in [3.8, 4) is 0 Å². The van der Waals surface area contributed by atoms with Gasteiger partial charge in [0.2, 0.25) is 15.9 Å². The molecule has 0 aromatic heterocycles. The molecule has 0 unspecified atom stereocenters. The lowest BCUT2D eigenvalue weighted by molar-refractivity contribution is -0.128. The number of carbonyl (C=O) groups excluding carboxylic acids is 1. The third kappa shape index (κ3) is 3.94. The van der Waals surface area contributed by atoms with Crippen LogP contribution in [0, 0.1) is 0 Å². The highest BCUT2D eigenvalue weighted by atomic mass is 32.2. The van der Waals surface area contributed by atoms with E-state index in [9.17, 15) is 13.2 Å². The Kier molecular flexibility index (Phi) is 4.61. The Morgan fingerprint density at radius 1 is 1.25 bits per heavy atom. The molecule has 1 heterocycles. The summed E-state index contributed by atoms with van der Waals surface area (Å²) in [6.45, 7) is 1.24. The summed E-state index contributed by atoms with van der Waals surface area (Å²) in [5.74, 6) is -0.389. The molecule has 0 atom stereocenters. The average molecular weight is 297 g/mol. The molecule has 0 aliphatic carbocycles. The number of nitrogens with two attached hydrogens (primary N) is 1. The number of benzene rings is 1. The number of rotatable bonds is 5. The molecule has 1 aliphatic rings. The third-order valence-corrected chi connectivity index (χ3v) is 4.58. The molecule has 3 N–H and O–H groups in total. The Hall–Kier alpha value is -1.60. The molecule has 7 heteroatoms. The molecule has 0 radical (unpaired) electrons. The molecule has 1 amide bonds. The van der Waals surface area contributed by atoms with Crippen LogP contribution >= 0.6 is 0 Å². The van der Waals surface area contributed by atoms with Crippen LogP contribution in [-0.4, -0.2) is 38.9 Å². The molecule has 0 bridgehead atoms.